The van der Waals surface area contributed by atoms with Crippen molar-refractivity contribution in [1.29, 1.82) is 0 Å². The standard InChI is InChI=1S/C18H25ClN2O3.ClH/c1-24-17-6-5-14(19)12-15(17)16(22)4-2-3-9-21-10-7-13(8-11-21)18(20)23;/h5-6,12-13H,2-4,7-11H2,1H3,(H2,20,23);1H. The summed E-state index contributed by atoms with van der Waals surface area (Å²) in [6, 6.07) is 5.10. The van der Waals surface area contributed by atoms with E-state index in [0.717, 1.165) is 45.3 Å². The molecule has 2 rings (SSSR count). The van der Waals surface area contributed by atoms with Crippen molar-refractivity contribution in [2.75, 3.05) is 26.7 Å². The molecule has 2 N–H and O–H groups in total. The van der Waals surface area contributed by atoms with Gasteiger partial charge in [0.05, 0.1) is 12.7 Å². The van der Waals surface area contributed by atoms with Crippen LogP contribution in [0.1, 0.15) is 42.5 Å². The Morgan fingerprint density at radius 3 is 2.56 bits per heavy atom. The maximum absolute atomic E-state index is 12.3. The third-order valence-electron chi connectivity index (χ3n) is 4.58. The van der Waals surface area contributed by atoms with E-state index in [2.05, 4.69) is 4.90 Å². The van der Waals surface area contributed by atoms with Crippen molar-refractivity contribution in [3.05, 3.63) is 28.8 Å². The number of benzene rings is 1. The molecule has 0 unspecified atom stereocenters. The zero-order chi connectivity index (χ0) is 17.5. The average Bonchev–Trinajstić information content (AvgIpc) is 2.58. The number of ketones is 1. The zero-order valence-corrected chi connectivity index (χ0v) is 16.1. The third kappa shape index (κ3) is 6.49. The molecule has 1 heterocycles. The van der Waals surface area contributed by atoms with Gasteiger partial charge in [-0.2, -0.15) is 0 Å². The van der Waals surface area contributed by atoms with Crippen LogP contribution >= 0.6 is 24.0 Å². The fraction of sp³-hybridized carbons (Fsp3) is 0.556. The lowest BCUT2D eigenvalue weighted by Gasteiger charge is -2.30. The second-order valence-corrected chi connectivity index (χ2v) is 6.68. The number of methoxy groups -OCH3 is 1. The van der Waals surface area contributed by atoms with E-state index in [9.17, 15) is 9.59 Å². The highest BCUT2D eigenvalue weighted by Gasteiger charge is 2.22. The molecule has 0 saturated carbocycles. The molecule has 0 bridgehead atoms. The number of primary amides is 1. The van der Waals surface area contributed by atoms with Gasteiger partial charge in [0.1, 0.15) is 5.75 Å². The van der Waals surface area contributed by atoms with E-state index in [0.29, 0.717) is 22.8 Å². The number of likely N-dealkylation sites (tertiary alicyclic amines) is 1. The molecule has 1 fully saturated rings. The number of amides is 1. The minimum atomic E-state index is -0.185. The van der Waals surface area contributed by atoms with Gasteiger partial charge >= 0.3 is 0 Å². The molecule has 5 nitrogen and oxygen atoms in total. The predicted molar refractivity (Wildman–Crippen MR) is 102 cm³/mol. The Hall–Kier alpha value is -1.30. The highest BCUT2D eigenvalue weighted by molar-refractivity contribution is 6.31. The molecule has 0 aliphatic carbocycles. The first kappa shape index (κ1) is 21.7. The minimum Gasteiger partial charge on any atom is -0.496 e. The summed E-state index contributed by atoms with van der Waals surface area (Å²) < 4.78 is 5.23. The number of Topliss-reactive ketones (excluding diaryl/α,β-unsaturated/α-hetero) is 1. The summed E-state index contributed by atoms with van der Waals surface area (Å²) in [4.78, 5) is 25.8. The summed E-state index contributed by atoms with van der Waals surface area (Å²) in [6.45, 7) is 2.76. The number of rotatable bonds is 8. The number of piperidine rings is 1. The monoisotopic (exact) mass is 388 g/mol. The molecule has 1 amide bonds. The number of halogens is 2. The number of carbonyl (C=O) groups excluding carboxylic acids is 2. The van der Waals surface area contributed by atoms with Crippen LogP contribution in [0, 0.1) is 5.92 Å². The first-order valence-electron chi connectivity index (χ1n) is 8.39. The van der Waals surface area contributed by atoms with E-state index in [-0.39, 0.29) is 30.0 Å². The molecule has 0 aromatic heterocycles. The summed E-state index contributed by atoms with van der Waals surface area (Å²) in [5.74, 6) is 0.466. The molecule has 25 heavy (non-hydrogen) atoms. The number of nitrogens with two attached hydrogens (primary N) is 1. The summed E-state index contributed by atoms with van der Waals surface area (Å²) in [5.41, 5.74) is 5.89. The number of hydrogen-bond donors (Lipinski definition) is 1. The topological polar surface area (TPSA) is 72.6 Å². The molecule has 1 aromatic rings. The van der Waals surface area contributed by atoms with Gasteiger partial charge in [0.15, 0.2) is 5.78 Å². The van der Waals surface area contributed by atoms with Crippen molar-refractivity contribution in [2.45, 2.75) is 32.1 Å². The van der Waals surface area contributed by atoms with Crippen LogP contribution in [0.3, 0.4) is 0 Å². The van der Waals surface area contributed by atoms with E-state index in [1.165, 1.54) is 0 Å². The van der Waals surface area contributed by atoms with E-state index in [1.54, 1.807) is 25.3 Å². The number of unbranched alkanes of at least 4 members (excludes halogenated alkanes) is 1. The highest BCUT2D eigenvalue weighted by atomic mass is 35.5. The first-order valence-corrected chi connectivity index (χ1v) is 8.77. The zero-order valence-electron chi connectivity index (χ0n) is 14.5. The molecule has 7 heteroatoms. The number of carbonyl (C=O) groups is 2. The van der Waals surface area contributed by atoms with E-state index < -0.39 is 0 Å². The first-order chi connectivity index (χ1) is 11.5. The van der Waals surface area contributed by atoms with Crippen molar-refractivity contribution in [3.63, 3.8) is 0 Å². The van der Waals surface area contributed by atoms with Gasteiger partial charge in [-0.25, -0.2) is 0 Å². The number of nitrogens with zero attached hydrogens (tertiary/aromatic N) is 1. The quantitative estimate of drug-likeness (QED) is 0.547. The van der Waals surface area contributed by atoms with Crippen LogP contribution in [0.5, 0.6) is 5.75 Å². The van der Waals surface area contributed by atoms with Crippen molar-refractivity contribution in [2.24, 2.45) is 11.7 Å². The smallest absolute Gasteiger partial charge is 0.220 e. The lowest BCUT2D eigenvalue weighted by atomic mass is 9.96. The number of ether oxygens (including phenoxy) is 1. The lowest BCUT2D eigenvalue weighted by molar-refractivity contribution is -0.123. The fourth-order valence-electron chi connectivity index (χ4n) is 3.09. The summed E-state index contributed by atoms with van der Waals surface area (Å²) in [5, 5.41) is 0.538. The second kappa shape index (κ2) is 10.6. The van der Waals surface area contributed by atoms with Crippen LogP contribution < -0.4 is 10.5 Å². The Kier molecular flexibility index (Phi) is 9.25. The number of hydrogen-bond acceptors (Lipinski definition) is 4. The van der Waals surface area contributed by atoms with Crippen LogP contribution in [0.15, 0.2) is 18.2 Å². The van der Waals surface area contributed by atoms with E-state index in [4.69, 9.17) is 22.1 Å². The summed E-state index contributed by atoms with van der Waals surface area (Å²) in [7, 11) is 1.55. The Bertz CT molecular complexity index is 588. The molecular weight excluding hydrogens is 363 g/mol. The Morgan fingerprint density at radius 1 is 1.28 bits per heavy atom. The van der Waals surface area contributed by atoms with Crippen molar-refractivity contribution >= 4 is 35.7 Å². The average molecular weight is 389 g/mol. The largest absolute Gasteiger partial charge is 0.496 e. The Labute approximate surface area is 160 Å². The van der Waals surface area contributed by atoms with Crippen LogP contribution in [-0.4, -0.2) is 43.3 Å². The molecule has 0 atom stereocenters. The predicted octanol–water partition coefficient (Wildman–Crippen LogP) is 3.32. The summed E-state index contributed by atoms with van der Waals surface area (Å²) >= 11 is 5.97. The van der Waals surface area contributed by atoms with Crippen molar-refractivity contribution < 1.29 is 14.3 Å². The van der Waals surface area contributed by atoms with E-state index in [1.807, 2.05) is 0 Å². The fourth-order valence-corrected chi connectivity index (χ4v) is 3.27. The van der Waals surface area contributed by atoms with Crippen LogP contribution in [0.2, 0.25) is 5.02 Å². The molecule has 1 saturated heterocycles. The Balaban J connectivity index is 0.00000312. The van der Waals surface area contributed by atoms with Gasteiger partial charge in [-0.3, -0.25) is 9.59 Å². The minimum absolute atomic E-state index is 0. The maximum atomic E-state index is 12.3. The van der Waals surface area contributed by atoms with Gasteiger partial charge in [-0.15, -0.1) is 12.4 Å². The van der Waals surface area contributed by atoms with Crippen LogP contribution in [0.4, 0.5) is 0 Å². The third-order valence-corrected chi connectivity index (χ3v) is 4.82. The van der Waals surface area contributed by atoms with E-state index >= 15 is 0 Å². The molecule has 1 aliphatic heterocycles. The molecular formula is C18H26Cl2N2O3. The maximum Gasteiger partial charge on any atom is 0.220 e. The van der Waals surface area contributed by atoms with Crippen LogP contribution in [-0.2, 0) is 4.79 Å². The molecule has 1 aromatic carbocycles. The van der Waals surface area contributed by atoms with Gasteiger partial charge in [0.25, 0.3) is 0 Å². The summed E-state index contributed by atoms with van der Waals surface area (Å²) in [6.07, 6.45) is 3.94. The Morgan fingerprint density at radius 2 is 1.96 bits per heavy atom. The van der Waals surface area contributed by atoms with Crippen molar-refractivity contribution in [3.8, 4) is 5.75 Å². The van der Waals surface area contributed by atoms with Gasteiger partial charge in [0, 0.05) is 17.4 Å². The van der Waals surface area contributed by atoms with Gasteiger partial charge in [-0.1, -0.05) is 11.6 Å². The molecule has 0 radical (unpaired) electrons. The molecule has 0 spiro atoms. The molecule has 140 valence electrons. The lowest BCUT2D eigenvalue weighted by Crippen LogP contribution is -2.38. The van der Waals surface area contributed by atoms with Crippen LogP contribution in [0.25, 0.3) is 0 Å². The molecule has 1 aliphatic rings. The normalized spacial score (nSPS) is 15.4. The van der Waals surface area contributed by atoms with Gasteiger partial charge in [0.2, 0.25) is 5.91 Å². The second-order valence-electron chi connectivity index (χ2n) is 6.24. The SMILES string of the molecule is COc1ccc(Cl)cc1C(=O)CCCCN1CCC(C(N)=O)CC1.Cl. The van der Waals surface area contributed by atoms with Gasteiger partial charge in [-0.05, 0) is 63.5 Å². The van der Waals surface area contributed by atoms with Crippen molar-refractivity contribution in [1.82, 2.24) is 4.90 Å². The highest BCUT2D eigenvalue weighted by Crippen LogP contribution is 2.24. The van der Waals surface area contributed by atoms with Gasteiger partial charge < -0.3 is 15.4 Å².